The predicted octanol–water partition coefficient (Wildman–Crippen LogP) is 2.60. The van der Waals surface area contributed by atoms with Crippen LogP contribution >= 0.6 is 15.9 Å². The highest BCUT2D eigenvalue weighted by atomic mass is 79.9. The first-order valence-corrected chi connectivity index (χ1v) is 6.04. The molecule has 0 aromatic heterocycles. The van der Waals surface area contributed by atoms with Crippen LogP contribution in [-0.4, -0.2) is 23.3 Å². The van der Waals surface area contributed by atoms with Crippen molar-refractivity contribution in [1.29, 1.82) is 0 Å². The van der Waals surface area contributed by atoms with Gasteiger partial charge >= 0.3 is 5.97 Å². The summed E-state index contributed by atoms with van der Waals surface area (Å²) in [6, 6.07) is 5.11. The fraction of sp³-hybridized carbons (Fsp3) is 0.417. The molecule has 0 amide bonds. The molecule has 0 bridgehead atoms. The molecular formula is C12H15BrO4. The van der Waals surface area contributed by atoms with Gasteiger partial charge in [0.05, 0.1) is 19.1 Å². The zero-order valence-electron chi connectivity index (χ0n) is 9.68. The molecule has 0 fully saturated rings. The molecule has 0 aliphatic heterocycles. The molecular weight excluding hydrogens is 288 g/mol. The Balaban J connectivity index is 3.09. The summed E-state index contributed by atoms with van der Waals surface area (Å²) in [5, 5.41) is 19.1. The molecule has 1 aromatic rings. The fourth-order valence-corrected chi connectivity index (χ4v) is 2.11. The molecule has 4 nitrogen and oxygen atoms in total. The van der Waals surface area contributed by atoms with E-state index in [-0.39, 0.29) is 0 Å². The summed E-state index contributed by atoms with van der Waals surface area (Å²) >= 11 is 3.30. The smallest absolute Gasteiger partial charge is 0.309 e. The number of rotatable bonds is 5. The molecule has 0 heterocycles. The molecule has 1 aromatic carbocycles. The van der Waals surface area contributed by atoms with Gasteiger partial charge in [-0.15, -0.1) is 0 Å². The summed E-state index contributed by atoms with van der Waals surface area (Å²) in [4.78, 5) is 11.0. The number of aliphatic hydroxyl groups excluding tert-OH is 1. The van der Waals surface area contributed by atoms with E-state index in [1.54, 1.807) is 25.1 Å². The van der Waals surface area contributed by atoms with Crippen LogP contribution in [0.25, 0.3) is 0 Å². The van der Waals surface area contributed by atoms with Crippen molar-refractivity contribution < 1.29 is 19.7 Å². The number of aliphatic carboxylic acids is 1. The average Bonchev–Trinajstić information content (AvgIpc) is 2.30. The molecule has 0 aliphatic rings. The summed E-state index contributed by atoms with van der Waals surface area (Å²) in [6.07, 6.45) is -0.692. The highest BCUT2D eigenvalue weighted by Crippen LogP contribution is 2.33. The van der Waals surface area contributed by atoms with E-state index in [9.17, 15) is 9.90 Å². The van der Waals surface area contributed by atoms with Gasteiger partial charge in [0.15, 0.2) is 0 Å². The lowest BCUT2D eigenvalue weighted by molar-refractivity contribution is -0.146. The SMILES string of the molecule is CCC(C(=O)O)C(O)c1cc(OC)ccc1Br. The number of aliphatic hydroxyl groups is 1. The first kappa shape index (κ1) is 14.0. The van der Waals surface area contributed by atoms with Crippen molar-refractivity contribution >= 4 is 21.9 Å². The summed E-state index contributed by atoms with van der Waals surface area (Å²) in [5.74, 6) is -1.24. The Morgan fingerprint density at radius 3 is 2.65 bits per heavy atom. The van der Waals surface area contributed by atoms with Gasteiger partial charge in [0.25, 0.3) is 0 Å². The van der Waals surface area contributed by atoms with Gasteiger partial charge in [0, 0.05) is 4.47 Å². The quantitative estimate of drug-likeness (QED) is 0.877. The molecule has 2 unspecified atom stereocenters. The van der Waals surface area contributed by atoms with Gasteiger partial charge in [-0.2, -0.15) is 0 Å². The minimum absolute atomic E-state index is 0.361. The molecule has 2 atom stereocenters. The van der Waals surface area contributed by atoms with E-state index in [1.807, 2.05) is 0 Å². The van der Waals surface area contributed by atoms with Crippen LogP contribution in [0.5, 0.6) is 5.75 Å². The van der Waals surface area contributed by atoms with Crippen LogP contribution < -0.4 is 4.74 Å². The van der Waals surface area contributed by atoms with Crippen LogP contribution in [0.15, 0.2) is 22.7 Å². The normalized spacial score (nSPS) is 14.1. The third-order valence-corrected chi connectivity index (χ3v) is 3.38. The molecule has 0 saturated carbocycles. The predicted molar refractivity (Wildman–Crippen MR) is 67.1 cm³/mol. The fourth-order valence-electron chi connectivity index (χ4n) is 1.63. The number of benzene rings is 1. The van der Waals surface area contributed by atoms with Crippen LogP contribution in [0.1, 0.15) is 25.0 Å². The van der Waals surface area contributed by atoms with Crippen LogP contribution in [0.4, 0.5) is 0 Å². The first-order chi connectivity index (χ1) is 8.01. The Hall–Kier alpha value is -1.07. The van der Waals surface area contributed by atoms with Crippen LogP contribution in [0.3, 0.4) is 0 Å². The lowest BCUT2D eigenvalue weighted by atomic mass is 9.93. The van der Waals surface area contributed by atoms with E-state index >= 15 is 0 Å². The molecule has 0 saturated heterocycles. The minimum atomic E-state index is -1.05. The van der Waals surface area contributed by atoms with Crippen molar-refractivity contribution in [3.63, 3.8) is 0 Å². The molecule has 0 spiro atoms. The van der Waals surface area contributed by atoms with E-state index in [1.165, 1.54) is 7.11 Å². The summed E-state index contributed by atoms with van der Waals surface area (Å²) in [6.45, 7) is 1.73. The number of halogens is 1. The number of carboxylic acid groups (broad SMARTS) is 1. The Morgan fingerprint density at radius 2 is 2.18 bits per heavy atom. The van der Waals surface area contributed by atoms with Crippen LogP contribution in [0.2, 0.25) is 0 Å². The van der Waals surface area contributed by atoms with E-state index in [4.69, 9.17) is 9.84 Å². The number of ether oxygens (including phenoxy) is 1. The Labute approximate surface area is 108 Å². The molecule has 94 valence electrons. The van der Waals surface area contributed by atoms with Crippen molar-refractivity contribution in [2.45, 2.75) is 19.4 Å². The van der Waals surface area contributed by atoms with E-state index in [0.717, 1.165) is 0 Å². The van der Waals surface area contributed by atoms with Crippen LogP contribution in [-0.2, 0) is 4.79 Å². The molecule has 5 heteroatoms. The number of carbonyl (C=O) groups is 1. The monoisotopic (exact) mass is 302 g/mol. The van der Waals surface area contributed by atoms with E-state index in [2.05, 4.69) is 15.9 Å². The Bertz CT molecular complexity index is 405. The maximum Gasteiger partial charge on any atom is 0.309 e. The van der Waals surface area contributed by atoms with Gasteiger partial charge in [-0.25, -0.2) is 0 Å². The molecule has 17 heavy (non-hydrogen) atoms. The zero-order valence-corrected chi connectivity index (χ0v) is 11.3. The Kier molecular flexibility index (Phi) is 4.96. The molecule has 1 rings (SSSR count). The van der Waals surface area contributed by atoms with Gasteiger partial charge in [-0.05, 0) is 30.2 Å². The number of methoxy groups -OCH3 is 1. The maximum absolute atomic E-state index is 11.0. The third kappa shape index (κ3) is 3.20. The van der Waals surface area contributed by atoms with Crippen molar-refractivity contribution in [2.75, 3.05) is 7.11 Å². The van der Waals surface area contributed by atoms with Gasteiger partial charge in [0.2, 0.25) is 0 Å². The second-order valence-corrected chi connectivity index (χ2v) is 4.54. The largest absolute Gasteiger partial charge is 0.497 e. The van der Waals surface area contributed by atoms with Crippen molar-refractivity contribution in [1.82, 2.24) is 0 Å². The van der Waals surface area contributed by atoms with Crippen molar-refractivity contribution in [3.8, 4) is 5.75 Å². The highest BCUT2D eigenvalue weighted by molar-refractivity contribution is 9.10. The Morgan fingerprint density at radius 1 is 1.53 bits per heavy atom. The maximum atomic E-state index is 11.0. The van der Waals surface area contributed by atoms with Gasteiger partial charge < -0.3 is 14.9 Å². The summed E-state index contributed by atoms with van der Waals surface area (Å²) in [5.41, 5.74) is 0.526. The third-order valence-electron chi connectivity index (χ3n) is 2.66. The van der Waals surface area contributed by atoms with Gasteiger partial charge in [-0.3, -0.25) is 4.79 Å². The van der Waals surface area contributed by atoms with Crippen molar-refractivity contribution in [2.24, 2.45) is 5.92 Å². The number of carboxylic acids is 1. The molecule has 2 N–H and O–H groups in total. The standard InChI is InChI=1S/C12H15BrO4/c1-3-8(12(15)16)11(14)9-6-7(17-2)4-5-10(9)13/h4-6,8,11,14H,3H2,1-2H3,(H,15,16). The van der Waals surface area contributed by atoms with E-state index < -0.39 is 18.0 Å². The second kappa shape index (κ2) is 6.02. The van der Waals surface area contributed by atoms with Crippen molar-refractivity contribution in [3.05, 3.63) is 28.2 Å². The lowest BCUT2D eigenvalue weighted by Crippen LogP contribution is -2.21. The summed E-state index contributed by atoms with van der Waals surface area (Å²) < 4.78 is 5.73. The second-order valence-electron chi connectivity index (χ2n) is 3.69. The molecule has 0 aliphatic carbocycles. The lowest BCUT2D eigenvalue weighted by Gasteiger charge is -2.19. The zero-order chi connectivity index (χ0) is 13.0. The molecule has 0 radical (unpaired) electrons. The first-order valence-electron chi connectivity index (χ1n) is 5.25. The number of hydrogen-bond acceptors (Lipinski definition) is 3. The van der Waals surface area contributed by atoms with E-state index in [0.29, 0.717) is 22.2 Å². The minimum Gasteiger partial charge on any atom is -0.497 e. The van der Waals surface area contributed by atoms with Gasteiger partial charge in [0.1, 0.15) is 5.75 Å². The number of hydrogen-bond donors (Lipinski definition) is 2. The topological polar surface area (TPSA) is 66.8 Å². The summed E-state index contributed by atoms with van der Waals surface area (Å²) in [7, 11) is 1.52. The van der Waals surface area contributed by atoms with Crippen LogP contribution in [0, 0.1) is 5.92 Å². The van der Waals surface area contributed by atoms with Gasteiger partial charge in [-0.1, -0.05) is 22.9 Å². The average molecular weight is 303 g/mol. The highest BCUT2D eigenvalue weighted by Gasteiger charge is 2.27.